The summed E-state index contributed by atoms with van der Waals surface area (Å²) in [6, 6.07) is 9.10. The third-order valence-electron chi connectivity index (χ3n) is 3.80. The Morgan fingerprint density at radius 1 is 1.37 bits per heavy atom. The first-order chi connectivity index (χ1) is 9.19. The molecule has 1 saturated carbocycles. The Morgan fingerprint density at radius 2 is 2.00 bits per heavy atom. The summed E-state index contributed by atoms with van der Waals surface area (Å²) in [4.78, 5) is 12.3. The number of ether oxygens (including phenoxy) is 1. The van der Waals surface area contributed by atoms with E-state index in [1.165, 1.54) is 6.08 Å². The first-order valence-electron chi connectivity index (χ1n) is 6.75. The fourth-order valence-electron chi connectivity index (χ4n) is 2.80. The van der Waals surface area contributed by atoms with Gasteiger partial charge in [0.05, 0.1) is 0 Å². The Labute approximate surface area is 113 Å². The summed E-state index contributed by atoms with van der Waals surface area (Å²) < 4.78 is 5.12. The van der Waals surface area contributed by atoms with E-state index in [1.54, 1.807) is 12.1 Å². The minimum Gasteiger partial charge on any atom is -0.459 e. The molecule has 2 rings (SSSR count). The molecular weight excluding hydrogens is 240 g/mol. The van der Waals surface area contributed by atoms with Gasteiger partial charge in [-0.25, -0.2) is 4.79 Å². The van der Waals surface area contributed by atoms with Gasteiger partial charge in [-0.15, -0.1) is 0 Å². The van der Waals surface area contributed by atoms with Crippen LogP contribution in [-0.4, -0.2) is 17.7 Å². The van der Waals surface area contributed by atoms with Crippen molar-refractivity contribution in [3.63, 3.8) is 0 Å². The summed E-state index contributed by atoms with van der Waals surface area (Å²) >= 11 is 0. The maximum atomic E-state index is 12.3. The molecule has 1 atom stereocenters. The molecule has 0 aromatic heterocycles. The number of hydrogen-bond donors (Lipinski definition) is 1. The van der Waals surface area contributed by atoms with Crippen LogP contribution >= 0.6 is 0 Å². The third kappa shape index (κ3) is 2.71. The van der Waals surface area contributed by atoms with E-state index in [-0.39, 0.29) is 12.5 Å². The molecule has 1 N–H and O–H groups in total. The average Bonchev–Trinajstić information content (AvgIpc) is 2.99. The molecule has 102 valence electrons. The summed E-state index contributed by atoms with van der Waals surface area (Å²) in [5.41, 5.74) is -0.906. The van der Waals surface area contributed by atoms with Gasteiger partial charge in [0, 0.05) is 5.92 Å². The summed E-state index contributed by atoms with van der Waals surface area (Å²) in [5.74, 6) is -0.627. The molecule has 0 spiro atoms. The van der Waals surface area contributed by atoms with Gasteiger partial charge in [-0.1, -0.05) is 55.8 Å². The first kappa shape index (κ1) is 13.8. The average molecular weight is 260 g/mol. The monoisotopic (exact) mass is 260 g/mol. The standard InChI is InChI=1S/C16H20O3/c1-2-12-19-15(17)16(18,14-10-6-7-11-14)13-8-4-3-5-9-13/h2-5,8-9,14,18H,1,6-7,10-12H2. The van der Waals surface area contributed by atoms with Crippen molar-refractivity contribution in [3.8, 4) is 0 Å². The maximum Gasteiger partial charge on any atom is 0.343 e. The number of esters is 1. The normalized spacial score (nSPS) is 18.8. The second-order valence-electron chi connectivity index (χ2n) is 5.00. The highest BCUT2D eigenvalue weighted by Crippen LogP contribution is 2.41. The van der Waals surface area contributed by atoms with Crippen LogP contribution in [0.25, 0.3) is 0 Å². The number of carbonyl (C=O) groups is 1. The zero-order chi connectivity index (χ0) is 13.7. The van der Waals surface area contributed by atoms with Crippen molar-refractivity contribution in [3.05, 3.63) is 48.6 Å². The summed E-state index contributed by atoms with van der Waals surface area (Å²) in [5, 5.41) is 11.0. The lowest BCUT2D eigenvalue weighted by Crippen LogP contribution is -2.43. The SMILES string of the molecule is C=CCOC(=O)C(O)(c1ccccc1)C1CCCC1. The van der Waals surface area contributed by atoms with Gasteiger partial charge < -0.3 is 9.84 Å². The molecule has 3 nitrogen and oxygen atoms in total. The van der Waals surface area contributed by atoms with Crippen molar-refractivity contribution in [1.29, 1.82) is 0 Å². The second kappa shape index (κ2) is 6.02. The highest BCUT2D eigenvalue weighted by atomic mass is 16.5. The van der Waals surface area contributed by atoms with Crippen LogP contribution in [0.15, 0.2) is 43.0 Å². The predicted molar refractivity (Wildman–Crippen MR) is 73.5 cm³/mol. The van der Waals surface area contributed by atoms with Crippen molar-refractivity contribution < 1.29 is 14.6 Å². The molecule has 0 amide bonds. The molecule has 0 saturated heterocycles. The fourth-order valence-corrected chi connectivity index (χ4v) is 2.80. The molecule has 1 aromatic rings. The van der Waals surface area contributed by atoms with E-state index in [0.717, 1.165) is 25.7 Å². The van der Waals surface area contributed by atoms with Crippen LogP contribution in [0.1, 0.15) is 31.2 Å². The molecule has 0 radical (unpaired) electrons. The molecular formula is C16H20O3. The van der Waals surface area contributed by atoms with Gasteiger partial charge in [-0.2, -0.15) is 0 Å². The lowest BCUT2D eigenvalue weighted by atomic mass is 9.80. The van der Waals surface area contributed by atoms with E-state index in [1.807, 2.05) is 18.2 Å². The number of aliphatic hydroxyl groups is 1. The number of rotatable bonds is 5. The van der Waals surface area contributed by atoms with Crippen LogP contribution in [0.5, 0.6) is 0 Å². The van der Waals surface area contributed by atoms with Gasteiger partial charge in [-0.3, -0.25) is 0 Å². The highest BCUT2D eigenvalue weighted by molar-refractivity contribution is 5.81. The van der Waals surface area contributed by atoms with E-state index >= 15 is 0 Å². The Bertz CT molecular complexity index is 435. The molecule has 1 unspecified atom stereocenters. The van der Waals surface area contributed by atoms with Crippen molar-refractivity contribution in [2.24, 2.45) is 5.92 Å². The Morgan fingerprint density at radius 3 is 2.58 bits per heavy atom. The Hall–Kier alpha value is -1.61. The molecule has 1 aromatic carbocycles. The minimum absolute atomic E-state index is 0.0628. The van der Waals surface area contributed by atoms with Crippen molar-refractivity contribution in [1.82, 2.24) is 0 Å². The topological polar surface area (TPSA) is 46.5 Å². The summed E-state index contributed by atoms with van der Waals surface area (Å²) in [6.07, 6.45) is 5.32. The summed E-state index contributed by atoms with van der Waals surface area (Å²) in [7, 11) is 0. The molecule has 0 bridgehead atoms. The van der Waals surface area contributed by atoms with Crippen molar-refractivity contribution >= 4 is 5.97 Å². The molecule has 19 heavy (non-hydrogen) atoms. The van der Waals surface area contributed by atoms with Crippen LogP contribution < -0.4 is 0 Å². The van der Waals surface area contributed by atoms with E-state index in [9.17, 15) is 9.90 Å². The van der Waals surface area contributed by atoms with Crippen LogP contribution in [0, 0.1) is 5.92 Å². The zero-order valence-corrected chi connectivity index (χ0v) is 11.0. The first-order valence-corrected chi connectivity index (χ1v) is 6.75. The van der Waals surface area contributed by atoms with Crippen LogP contribution in [0.2, 0.25) is 0 Å². The van der Waals surface area contributed by atoms with Crippen LogP contribution in [0.4, 0.5) is 0 Å². The zero-order valence-electron chi connectivity index (χ0n) is 11.0. The minimum atomic E-state index is -1.53. The molecule has 3 heteroatoms. The maximum absolute atomic E-state index is 12.3. The second-order valence-corrected chi connectivity index (χ2v) is 5.00. The molecule has 1 fully saturated rings. The van der Waals surface area contributed by atoms with Gasteiger partial charge >= 0.3 is 5.97 Å². The van der Waals surface area contributed by atoms with Crippen LogP contribution in [-0.2, 0) is 15.1 Å². The van der Waals surface area contributed by atoms with E-state index < -0.39 is 11.6 Å². The van der Waals surface area contributed by atoms with Gasteiger partial charge in [-0.05, 0) is 18.4 Å². The van der Waals surface area contributed by atoms with Gasteiger partial charge in [0.15, 0.2) is 5.60 Å². The lowest BCUT2D eigenvalue weighted by Gasteiger charge is -2.32. The van der Waals surface area contributed by atoms with Gasteiger partial charge in [0.25, 0.3) is 0 Å². The molecule has 1 aliphatic carbocycles. The third-order valence-corrected chi connectivity index (χ3v) is 3.80. The van der Waals surface area contributed by atoms with E-state index in [0.29, 0.717) is 5.56 Å². The molecule has 0 heterocycles. The van der Waals surface area contributed by atoms with Crippen molar-refractivity contribution in [2.75, 3.05) is 6.61 Å². The quantitative estimate of drug-likeness (QED) is 0.654. The fraction of sp³-hybridized carbons (Fsp3) is 0.438. The molecule has 0 aliphatic heterocycles. The number of hydrogen-bond acceptors (Lipinski definition) is 3. The van der Waals surface area contributed by atoms with Gasteiger partial charge in [0.2, 0.25) is 0 Å². The smallest absolute Gasteiger partial charge is 0.343 e. The largest absolute Gasteiger partial charge is 0.459 e. The predicted octanol–water partition coefficient (Wildman–Crippen LogP) is 2.79. The summed E-state index contributed by atoms with van der Waals surface area (Å²) in [6.45, 7) is 3.65. The van der Waals surface area contributed by atoms with Crippen molar-refractivity contribution in [2.45, 2.75) is 31.3 Å². The highest BCUT2D eigenvalue weighted by Gasteiger charge is 2.47. The number of benzene rings is 1. The van der Waals surface area contributed by atoms with E-state index in [4.69, 9.17) is 4.74 Å². The molecule has 1 aliphatic rings. The van der Waals surface area contributed by atoms with E-state index in [2.05, 4.69) is 6.58 Å². The Balaban J connectivity index is 2.32. The van der Waals surface area contributed by atoms with Gasteiger partial charge in [0.1, 0.15) is 6.61 Å². The lowest BCUT2D eigenvalue weighted by molar-refractivity contribution is -0.172. The van der Waals surface area contributed by atoms with Crippen LogP contribution in [0.3, 0.4) is 0 Å². The Kier molecular flexibility index (Phi) is 4.38. The number of carbonyl (C=O) groups excluding carboxylic acids is 1.